The lowest BCUT2D eigenvalue weighted by molar-refractivity contribution is -0.213. The van der Waals surface area contributed by atoms with Crippen molar-refractivity contribution in [3.05, 3.63) is 0 Å². The summed E-state index contributed by atoms with van der Waals surface area (Å²) in [7, 11) is 0. The molecule has 0 amide bonds. The Morgan fingerprint density at radius 3 is 2.21 bits per heavy atom. The molecule has 0 rings (SSSR count). The van der Waals surface area contributed by atoms with E-state index in [1.165, 1.54) is 0 Å². The second-order valence-corrected chi connectivity index (χ2v) is 3.65. The van der Waals surface area contributed by atoms with Crippen LogP contribution in [0.5, 0.6) is 0 Å². The van der Waals surface area contributed by atoms with Gasteiger partial charge in [0.25, 0.3) is 0 Å². The zero-order valence-corrected chi connectivity index (χ0v) is 8.82. The van der Waals surface area contributed by atoms with E-state index in [0.29, 0.717) is 12.5 Å². The van der Waals surface area contributed by atoms with Gasteiger partial charge in [0.2, 0.25) is 0 Å². The average Bonchev–Trinajstić information content (AvgIpc) is 2.01. The van der Waals surface area contributed by atoms with E-state index in [0.717, 1.165) is 13.5 Å². The van der Waals surface area contributed by atoms with Gasteiger partial charge in [-0.3, -0.25) is 0 Å². The molecule has 0 bridgehead atoms. The third kappa shape index (κ3) is 7.15. The van der Waals surface area contributed by atoms with Crippen molar-refractivity contribution in [1.29, 1.82) is 0 Å². The Morgan fingerprint density at radius 2 is 1.79 bits per heavy atom. The van der Waals surface area contributed by atoms with Gasteiger partial charge in [-0.2, -0.15) is 13.2 Å². The minimum absolute atomic E-state index is 0.0907. The Bertz CT molecular complexity index is 147. The van der Waals surface area contributed by atoms with Gasteiger partial charge in [0.05, 0.1) is 6.61 Å². The van der Waals surface area contributed by atoms with Gasteiger partial charge >= 0.3 is 6.18 Å². The zero-order chi connectivity index (χ0) is 11.2. The Morgan fingerprint density at radius 1 is 1.21 bits per heavy atom. The smallest absolute Gasteiger partial charge is 0.368 e. The minimum Gasteiger partial charge on any atom is -0.368 e. The highest BCUT2D eigenvalue weighted by Gasteiger charge is 2.36. The van der Waals surface area contributed by atoms with E-state index in [9.17, 15) is 13.2 Å². The zero-order valence-electron chi connectivity index (χ0n) is 8.82. The number of hydrogen-bond acceptors (Lipinski definition) is 2. The van der Waals surface area contributed by atoms with Gasteiger partial charge in [-0.05, 0) is 19.4 Å². The van der Waals surface area contributed by atoms with E-state index in [4.69, 9.17) is 0 Å². The van der Waals surface area contributed by atoms with Crippen LogP contribution in [0.1, 0.15) is 20.8 Å². The number of ether oxygens (including phenoxy) is 1. The predicted octanol–water partition coefficient (Wildman–Crippen LogP) is 2.20. The van der Waals surface area contributed by atoms with Crippen molar-refractivity contribution < 1.29 is 17.9 Å². The number of hydrogen-bond donors (Lipinski definition) is 1. The molecule has 1 unspecified atom stereocenters. The maximum Gasteiger partial charge on any atom is 0.414 e. The van der Waals surface area contributed by atoms with E-state index in [2.05, 4.69) is 10.1 Å². The fourth-order valence-electron chi connectivity index (χ4n) is 0.793. The standard InChI is InChI=1S/C9H18F3NO/c1-7(2)6-13-4-5-14-8(3)9(10,11)12/h7-8,13H,4-6H2,1-3H3. The van der Waals surface area contributed by atoms with Crippen LogP contribution in [-0.2, 0) is 4.74 Å². The molecule has 1 N–H and O–H groups in total. The molecule has 0 saturated heterocycles. The molecule has 0 aromatic heterocycles. The summed E-state index contributed by atoms with van der Waals surface area (Å²) >= 11 is 0. The Hall–Kier alpha value is -0.290. The summed E-state index contributed by atoms with van der Waals surface area (Å²) < 4.78 is 40.4. The van der Waals surface area contributed by atoms with E-state index >= 15 is 0 Å². The van der Waals surface area contributed by atoms with Gasteiger partial charge in [-0.1, -0.05) is 13.8 Å². The van der Waals surface area contributed by atoms with Crippen molar-refractivity contribution in [3.8, 4) is 0 Å². The largest absolute Gasteiger partial charge is 0.414 e. The Labute approximate surface area is 82.8 Å². The first-order valence-electron chi connectivity index (χ1n) is 4.73. The molecule has 0 radical (unpaired) electrons. The van der Waals surface area contributed by atoms with Crippen molar-refractivity contribution >= 4 is 0 Å². The second-order valence-electron chi connectivity index (χ2n) is 3.65. The van der Waals surface area contributed by atoms with E-state index in [-0.39, 0.29) is 6.61 Å². The van der Waals surface area contributed by atoms with Gasteiger partial charge in [-0.25, -0.2) is 0 Å². The molecule has 0 heterocycles. The van der Waals surface area contributed by atoms with Crippen LogP contribution in [0.4, 0.5) is 13.2 Å². The molecule has 0 aliphatic carbocycles. The quantitative estimate of drug-likeness (QED) is 0.683. The molecule has 0 saturated carbocycles. The highest BCUT2D eigenvalue weighted by atomic mass is 19.4. The summed E-state index contributed by atoms with van der Waals surface area (Å²) in [4.78, 5) is 0. The molecule has 0 fully saturated rings. The highest BCUT2D eigenvalue weighted by Crippen LogP contribution is 2.21. The summed E-state index contributed by atoms with van der Waals surface area (Å²) in [6.45, 7) is 6.43. The number of alkyl halides is 3. The molecule has 0 aromatic carbocycles. The molecule has 0 aromatic rings. The highest BCUT2D eigenvalue weighted by molar-refractivity contribution is 4.61. The second kappa shape index (κ2) is 6.24. The van der Waals surface area contributed by atoms with E-state index in [1.54, 1.807) is 0 Å². The van der Waals surface area contributed by atoms with Crippen LogP contribution in [0.2, 0.25) is 0 Å². The summed E-state index contributed by atoms with van der Waals surface area (Å²) in [6.07, 6.45) is -5.93. The maximum absolute atomic E-state index is 11.9. The predicted molar refractivity (Wildman–Crippen MR) is 49.2 cm³/mol. The monoisotopic (exact) mass is 213 g/mol. The van der Waals surface area contributed by atoms with E-state index in [1.807, 2.05) is 13.8 Å². The summed E-state index contributed by atoms with van der Waals surface area (Å²) in [5, 5.41) is 3.00. The van der Waals surface area contributed by atoms with Crippen molar-refractivity contribution in [1.82, 2.24) is 5.32 Å². The third-order valence-electron chi connectivity index (χ3n) is 1.66. The van der Waals surface area contributed by atoms with Crippen molar-refractivity contribution in [2.75, 3.05) is 19.7 Å². The molecule has 2 nitrogen and oxygen atoms in total. The first-order chi connectivity index (χ1) is 6.34. The number of rotatable bonds is 6. The maximum atomic E-state index is 11.9. The molecular weight excluding hydrogens is 195 g/mol. The van der Waals surface area contributed by atoms with Crippen LogP contribution >= 0.6 is 0 Å². The van der Waals surface area contributed by atoms with Crippen LogP contribution in [0.15, 0.2) is 0 Å². The van der Waals surface area contributed by atoms with Gasteiger partial charge < -0.3 is 10.1 Å². The third-order valence-corrected chi connectivity index (χ3v) is 1.66. The summed E-state index contributed by atoms with van der Waals surface area (Å²) in [6, 6.07) is 0. The normalized spacial score (nSPS) is 14.8. The molecule has 1 atom stereocenters. The first kappa shape index (κ1) is 13.7. The fourth-order valence-corrected chi connectivity index (χ4v) is 0.793. The summed E-state index contributed by atoms with van der Waals surface area (Å²) in [5.74, 6) is 0.495. The Balaban J connectivity index is 3.37. The average molecular weight is 213 g/mol. The molecule has 0 spiro atoms. The minimum atomic E-state index is -4.25. The lowest BCUT2D eigenvalue weighted by Crippen LogP contribution is -2.32. The number of nitrogens with one attached hydrogen (secondary N) is 1. The van der Waals surface area contributed by atoms with Crippen LogP contribution in [-0.4, -0.2) is 32.0 Å². The van der Waals surface area contributed by atoms with Crippen LogP contribution in [0.3, 0.4) is 0 Å². The SMILES string of the molecule is CC(C)CNCCOC(C)C(F)(F)F. The van der Waals surface area contributed by atoms with Crippen LogP contribution in [0.25, 0.3) is 0 Å². The molecular formula is C9H18F3NO. The molecule has 86 valence electrons. The van der Waals surface area contributed by atoms with Crippen LogP contribution < -0.4 is 5.32 Å². The first-order valence-corrected chi connectivity index (χ1v) is 4.73. The van der Waals surface area contributed by atoms with Gasteiger partial charge in [-0.15, -0.1) is 0 Å². The van der Waals surface area contributed by atoms with Crippen LogP contribution in [0, 0.1) is 5.92 Å². The fraction of sp³-hybridized carbons (Fsp3) is 1.00. The van der Waals surface area contributed by atoms with Crippen molar-refractivity contribution in [2.45, 2.75) is 33.1 Å². The molecule has 0 aliphatic rings. The molecule has 0 aliphatic heterocycles. The van der Waals surface area contributed by atoms with Gasteiger partial charge in [0, 0.05) is 6.54 Å². The lowest BCUT2D eigenvalue weighted by atomic mass is 10.2. The summed E-state index contributed by atoms with van der Waals surface area (Å²) in [5.41, 5.74) is 0. The van der Waals surface area contributed by atoms with Crippen molar-refractivity contribution in [2.24, 2.45) is 5.92 Å². The lowest BCUT2D eigenvalue weighted by Gasteiger charge is -2.16. The Kier molecular flexibility index (Phi) is 6.11. The van der Waals surface area contributed by atoms with Gasteiger partial charge in [0.15, 0.2) is 6.10 Å². The van der Waals surface area contributed by atoms with E-state index < -0.39 is 12.3 Å². The molecule has 14 heavy (non-hydrogen) atoms. The van der Waals surface area contributed by atoms with Gasteiger partial charge in [0.1, 0.15) is 0 Å². The number of halogens is 3. The topological polar surface area (TPSA) is 21.3 Å². The molecule has 5 heteroatoms. The van der Waals surface area contributed by atoms with Crippen molar-refractivity contribution in [3.63, 3.8) is 0 Å².